The molecule has 0 aromatic carbocycles. The van der Waals surface area contributed by atoms with Crippen molar-refractivity contribution in [2.24, 2.45) is 0 Å². The van der Waals surface area contributed by atoms with E-state index in [-0.39, 0.29) is 0 Å². The summed E-state index contributed by atoms with van der Waals surface area (Å²) >= 11 is 0. The molecule has 2 nitrogen and oxygen atoms in total. The molecule has 120 valence electrons. The maximum absolute atomic E-state index is 3.91. The Bertz CT molecular complexity index is 230. The van der Waals surface area contributed by atoms with Gasteiger partial charge in [-0.15, -0.1) is 0 Å². The Kier molecular flexibility index (Phi) is 8.79. The van der Waals surface area contributed by atoms with Crippen molar-refractivity contribution in [3.63, 3.8) is 0 Å². The highest BCUT2D eigenvalue weighted by Gasteiger charge is 2.41. The summed E-state index contributed by atoms with van der Waals surface area (Å²) in [6.07, 6.45) is 12.1. The van der Waals surface area contributed by atoms with Gasteiger partial charge in [0.25, 0.3) is 0 Å². The largest absolute Gasteiger partial charge is 0.312 e. The minimum absolute atomic E-state index is 0.402. The van der Waals surface area contributed by atoms with E-state index in [1.165, 1.54) is 77.4 Å². The number of nitrogens with one attached hydrogen (secondary N) is 1. The zero-order valence-corrected chi connectivity index (χ0v) is 14.5. The van der Waals surface area contributed by atoms with Crippen molar-refractivity contribution >= 4 is 0 Å². The molecular formula is C18H38N2. The van der Waals surface area contributed by atoms with Gasteiger partial charge in [-0.05, 0) is 58.2 Å². The lowest BCUT2D eigenvalue weighted by Crippen LogP contribution is -2.60. The van der Waals surface area contributed by atoms with Crippen molar-refractivity contribution < 1.29 is 0 Å². The third-order valence-corrected chi connectivity index (χ3v) is 5.35. The first-order chi connectivity index (χ1) is 9.75. The molecule has 1 aliphatic rings. The van der Waals surface area contributed by atoms with E-state index in [4.69, 9.17) is 0 Å². The lowest BCUT2D eigenvalue weighted by atomic mass is 9.80. The van der Waals surface area contributed by atoms with Gasteiger partial charge >= 0.3 is 0 Å². The summed E-state index contributed by atoms with van der Waals surface area (Å²) in [6, 6.07) is 0.682. The Morgan fingerprint density at radius 1 is 0.950 bits per heavy atom. The maximum atomic E-state index is 3.91. The van der Waals surface area contributed by atoms with Crippen LogP contribution < -0.4 is 5.32 Å². The molecule has 0 aromatic heterocycles. The molecule has 0 bridgehead atoms. The maximum Gasteiger partial charge on any atom is 0.0357 e. The second kappa shape index (κ2) is 9.78. The number of hydrogen-bond donors (Lipinski definition) is 1. The lowest BCUT2D eigenvalue weighted by molar-refractivity contribution is 0.0576. The molecule has 0 aromatic rings. The standard InChI is InChI=1S/C18H38N2/c1-5-9-10-13-17(19-14-6-2)18(7-3,8-4)20-15-11-12-16-20/h17,19H,5-16H2,1-4H3. The Balaban J connectivity index is 2.77. The molecule has 1 heterocycles. The summed E-state index contributed by atoms with van der Waals surface area (Å²) < 4.78 is 0. The van der Waals surface area contributed by atoms with Gasteiger partial charge in [-0.1, -0.05) is 47.0 Å². The number of likely N-dealkylation sites (tertiary alicyclic amines) is 1. The molecule has 1 atom stereocenters. The summed E-state index contributed by atoms with van der Waals surface area (Å²) in [5.41, 5.74) is 0.402. The molecule has 20 heavy (non-hydrogen) atoms. The molecule has 1 fully saturated rings. The van der Waals surface area contributed by atoms with Gasteiger partial charge in [-0.3, -0.25) is 4.90 Å². The molecule has 2 heteroatoms. The molecule has 0 amide bonds. The van der Waals surface area contributed by atoms with E-state index in [1.807, 2.05) is 0 Å². The highest BCUT2D eigenvalue weighted by Crippen LogP contribution is 2.33. The van der Waals surface area contributed by atoms with Crippen molar-refractivity contribution in [3.8, 4) is 0 Å². The van der Waals surface area contributed by atoms with Crippen molar-refractivity contribution in [2.45, 2.75) is 97.1 Å². The third kappa shape index (κ3) is 4.46. The summed E-state index contributed by atoms with van der Waals surface area (Å²) in [7, 11) is 0. The Hall–Kier alpha value is -0.0800. The normalized spacial score (nSPS) is 18.6. The van der Waals surface area contributed by atoms with Gasteiger partial charge in [-0.2, -0.15) is 0 Å². The highest BCUT2D eigenvalue weighted by atomic mass is 15.2. The van der Waals surface area contributed by atoms with Gasteiger partial charge in [0.15, 0.2) is 0 Å². The van der Waals surface area contributed by atoms with Crippen LogP contribution in [-0.2, 0) is 0 Å². The SMILES string of the molecule is CCCCCC(NCCC)C(CC)(CC)N1CCCC1. The quantitative estimate of drug-likeness (QED) is 0.558. The average Bonchev–Trinajstić information content (AvgIpc) is 3.00. The van der Waals surface area contributed by atoms with Gasteiger partial charge in [-0.25, -0.2) is 0 Å². The first-order valence-electron chi connectivity index (χ1n) is 9.23. The molecule has 1 saturated heterocycles. The Morgan fingerprint density at radius 2 is 1.60 bits per heavy atom. The predicted octanol–water partition coefficient (Wildman–Crippen LogP) is 4.59. The van der Waals surface area contributed by atoms with Crippen LogP contribution >= 0.6 is 0 Å². The third-order valence-electron chi connectivity index (χ3n) is 5.35. The van der Waals surface area contributed by atoms with Crippen LogP contribution in [0.3, 0.4) is 0 Å². The van der Waals surface area contributed by atoms with Gasteiger partial charge < -0.3 is 5.32 Å². The van der Waals surface area contributed by atoms with E-state index in [1.54, 1.807) is 0 Å². The summed E-state index contributed by atoms with van der Waals surface area (Å²) in [5.74, 6) is 0. The number of unbranched alkanes of at least 4 members (excludes halogenated alkanes) is 2. The molecule has 0 radical (unpaired) electrons. The monoisotopic (exact) mass is 282 g/mol. The fraction of sp³-hybridized carbons (Fsp3) is 1.00. The van der Waals surface area contributed by atoms with E-state index in [0.717, 1.165) is 0 Å². The first kappa shape index (κ1) is 18.0. The first-order valence-corrected chi connectivity index (χ1v) is 9.23. The molecular weight excluding hydrogens is 244 g/mol. The van der Waals surface area contributed by atoms with Crippen LogP contribution in [0.2, 0.25) is 0 Å². The second-order valence-corrected chi connectivity index (χ2v) is 6.51. The van der Waals surface area contributed by atoms with Gasteiger partial charge in [0.2, 0.25) is 0 Å². The second-order valence-electron chi connectivity index (χ2n) is 6.51. The summed E-state index contributed by atoms with van der Waals surface area (Å²) in [5, 5.41) is 3.91. The summed E-state index contributed by atoms with van der Waals surface area (Å²) in [4.78, 5) is 2.81. The van der Waals surface area contributed by atoms with E-state index in [0.29, 0.717) is 11.6 Å². The van der Waals surface area contributed by atoms with Crippen LogP contribution in [0.4, 0.5) is 0 Å². The Labute approximate surface area is 127 Å². The van der Waals surface area contributed by atoms with Crippen LogP contribution in [0.5, 0.6) is 0 Å². The predicted molar refractivity (Wildman–Crippen MR) is 90.3 cm³/mol. The summed E-state index contributed by atoms with van der Waals surface area (Å²) in [6.45, 7) is 13.2. The van der Waals surface area contributed by atoms with Crippen LogP contribution in [0.1, 0.15) is 85.5 Å². The zero-order valence-electron chi connectivity index (χ0n) is 14.5. The number of rotatable bonds is 11. The number of nitrogens with zero attached hydrogens (tertiary/aromatic N) is 1. The zero-order chi connectivity index (χ0) is 14.8. The Morgan fingerprint density at radius 3 is 2.10 bits per heavy atom. The van der Waals surface area contributed by atoms with Gasteiger partial charge in [0.05, 0.1) is 0 Å². The topological polar surface area (TPSA) is 15.3 Å². The van der Waals surface area contributed by atoms with Gasteiger partial charge in [0, 0.05) is 11.6 Å². The molecule has 0 aliphatic carbocycles. The van der Waals surface area contributed by atoms with Gasteiger partial charge in [0.1, 0.15) is 0 Å². The molecule has 0 spiro atoms. The van der Waals surface area contributed by atoms with E-state index >= 15 is 0 Å². The fourth-order valence-corrected chi connectivity index (χ4v) is 4.05. The minimum atomic E-state index is 0.402. The fourth-order valence-electron chi connectivity index (χ4n) is 4.05. The highest BCUT2D eigenvalue weighted by molar-refractivity contribution is 5.00. The van der Waals surface area contributed by atoms with Crippen molar-refractivity contribution in [1.29, 1.82) is 0 Å². The average molecular weight is 283 g/mol. The van der Waals surface area contributed by atoms with E-state index in [9.17, 15) is 0 Å². The van der Waals surface area contributed by atoms with Crippen LogP contribution in [0.15, 0.2) is 0 Å². The van der Waals surface area contributed by atoms with E-state index in [2.05, 4.69) is 37.9 Å². The smallest absolute Gasteiger partial charge is 0.0357 e. The molecule has 1 N–H and O–H groups in total. The van der Waals surface area contributed by atoms with Crippen LogP contribution in [0.25, 0.3) is 0 Å². The van der Waals surface area contributed by atoms with E-state index < -0.39 is 0 Å². The van der Waals surface area contributed by atoms with Crippen molar-refractivity contribution in [3.05, 3.63) is 0 Å². The lowest BCUT2D eigenvalue weighted by Gasteiger charge is -2.47. The molecule has 1 rings (SSSR count). The minimum Gasteiger partial charge on any atom is -0.312 e. The van der Waals surface area contributed by atoms with Crippen LogP contribution in [0, 0.1) is 0 Å². The molecule has 1 unspecified atom stereocenters. The van der Waals surface area contributed by atoms with Crippen LogP contribution in [-0.4, -0.2) is 36.1 Å². The molecule has 0 saturated carbocycles. The number of hydrogen-bond acceptors (Lipinski definition) is 2. The van der Waals surface area contributed by atoms with Crippen molar-refractivity contribution in [2.75, 3.05) is 19.6 Å². The molecule has 1 aliphatic heterocycles. The van der Waals surface area contributed by atoms with Crippen molar-refractivity contribution in [1.82, 2.24) is 10.2 Å².